The van der Waals surface area contributed by atoms with Gasteiger partial charge in [-0.1, -0.05) is 17.3 Å². The number of rotatable bonds is 6. The molecule has 0 bridgehead atoms. The first kappa shape index (κ1) is 21.8. The molecule has 0 N–H and O–H groups in total. The molecule has 0 saturated carbocycles. The number of hydrogen-bond acceptors (Lipinski definition) is 6. The van der Waals surface area contributed by atoms with E-state index in [4.69, 9.17) is 4.84 Å². The minimum Gasteiger partial charge on any atom is -0.396 e. The zero-order valence-electron chi connectivity index (χ0n) is 16.9. The molecule has 1 aliphatic heterocycles. The fourth-order valence-electron chi connectivity index (χ4n) is 2.98. The number of aryl methyl sites for hydroxylation is 1. The van der Waals surface area contributed by atoms with Crippen LogP contribution in [-0.2, 0) is 21.9 Å². The average molecular weight is 437 g/mol. The monoisotopic (exact) mass is 437 g/mol. The van der Waals surface area contributed by atoms with Gasteiger partial charge in [0.2, 0.25) is 0 Å². The van der Waals surface area contributed by atoms with E-state index in [9.17, 15) is 17.2 Å². The predicted octanol–water partition coefficient (Wildman–Crippen LogP) is 3.40. The average Bonchev–Trinajstić information content (AvgIpc) is 3.01. The molecule has 8 nitrogen and oxygen atoms in total. The molecule has 0 fully saturated rings. The molecule has 11 heteroatoms. The van der Waals surface area contributed by atoms with E-state index < -0.39 is 16.4 Å². The van der Waals surface area contributed by atoms with E-state index in [0.29, 0.717) is 34.9 Å². The lowest BCUT2D eigenvalue weighted by Crippen LogP contribution is -2.24. The second-order valence-corrected chi connectivity index (χ2v) is 8.31. The first-order valence-electron chi connectivity index (χ1n) is 9.10. The Kier molecular flexibility index (Phi) is 6.11. The quantitative estimate of drug-likeness (QED) is 0.511. The highest BCUT2D eigenvalue weighted by Crippen LogP contribution is 2.25. The molecule has 0 amide bonds. The lowest BCUT2D eigenvalue weighted by molar-refractivity contribution is 0.151. The maximum Gasteiger partial charge on any atom is 0.263 e. The van der Waals surface area contributed by atoms with Gasteiger partial charge in [-0.2, -0.15) is 4.40 Å². The van der Waals surface area contributed by atoms with Crippen LogP contribution in [0, 0.1) is 0 Å². The number of sulfonamides is 1. The fourth-order valence-corrected chi connectivity index (χ4v) is 3.54. The summed E-state index contributed by atoms with van der Waals surface area (Å²) in [5.74, 6) is 0.314. The predicted molar refractivity (Wildman–Crippen MR) is 112 cm³/mol. The second kappa shape index (κ2) is 8.42. The van der Waals surface area contributed by atoms with Gasteiger partial charge in [0.1, 0.15) is 18.0 Å². The number of aliphatic imine (C=N–C) groups is 1. The highest BCUT2D eigenvalue weighted by Gasteiger charge is 2.24. The highest BCUT2D eigenvalue weighted by atomic mass is 32.2. The van der Waals surface area contributed by atoms with Crippen molar-refractivity contribution in [3.05, 3.63) is 41.4 Å². The van der Waals surface area contributed by atoms with Crippen molar-refractivity contribution < 1.29 is 22.0 Å². The number of nitrogens with zero attached hydrogens (tertiary/aromatic N) is 5. The van der Waals surface area contributed by atoms with Gasteiger partial charge < -0.3 is 9.40 Å². The third-order valence-electron chi connectivity index (χ3n) is 4.34. The van der Waals surface area contributed by atoms with E-state index in [1.807, 2.05) is 0 Å². The lowest BCUT2D eigenvalue weighted by Gasteiger charge is -2.15. The molecule has 2 heterocycles. The fraction of sp³-hybridized carbons (Fsp3) is 0.368. The van der Waals surface area contributed by atoms with E-state index in [-0.39, 0.29) is 23.4 Å². The van der Waals surface area contributed by atoms with Crippen LogP contribution in [-0.4, -0.2) is 48.0 Å². The molecular weight excluding hydrogens is 416 g/mol. The van der Waals surface area contributed by atoms with Crippen molar-refractivity contribution in [2.75, 3.05) is 12.9 Å². The van der Waals surface area contributed by atoms with Crippen molar-refractivity contribution in [2.45, 2.75) is 26.7 Å². The van der Waals surface area contributed by atoms with E-state index in [1.54, 1.807) is 37.6 Å². The Labute approximate surface area is 172 Å². The normalized spacial score (nSPS) is 16.9. The van der Waals surface area contributed by atoms with Gasteiger partial charge in [-0.3, -0.25) is 0 Å². The number of alkyl halides is 2. The summed E-state index contributed by atoms with van der Waals surface area (Å²) >= 11 is 0. The number of aromatic nitrogens is 2. The Balaban J connectivity index is 2.18. The third kappa shape index (κ3) is 4.61. The topological polar surface area (TPSA) is 98.3 Å². The summed E-state index contributed by atoms with van der Waals surface area (Å²) in [6.07, 6.45) is 0.248. The number of imidazole rings is 1. The number of fused-ring (bicyclic) bond motifs is 1. The number of halogens is 2. The summed E-state index contributed by atoms with van der Waals surface area (Å²) in [5, 5.41) is 3.96. The summed E-state index contributed by atoms with van der Waals surface area (Å²) in [7, 11) is -1.99. The molecule has 0 unspecified atom stereocenters. The Bertz CT molecular complexity index is 1210. The number of oxime groups is 1. The van der Waals surface area contributed by atoms with Crippen molar-refractivity contribution in [2.24, 2.45) is 21.6 Å². The SMILES string of the molecule is CCON=C(C)C1=CCC(=NS(C)(=O)=O)C(c2nc3cc(C(F)F)ccc3n2C)=N1. The van der Waals surface area contributed by atoms with Crippen LogP contribution in [0.4, 0.5) is 8.78 Å². The van der Waals surface area contributed by atoms with Gasteiger partial charge in [0.25, 0.3) is 16.4 Å². The first-order valence-corrected chi connectivity index (χ1v) is 11.0. The second-order valence-electron chi connectivity index (χ2n) is 6.66. The molecule has 0 radical (unpaired) electrons. The summed E-state index contributed by atoms with van der Waals surface area (Å²) in [5.41, 5.74) is 2.24. The maximum atomic E-state index is 13.1. The van der Waals surface area contributed by atoms with Crippen molar-refractivity contribution in [1.82, 2.24) is 9.55 Å². The molecule has 3 rings (SSSR count). The van der Waals surface area contributed by atoms with Gasteiger partial charge >= 0.3 is 0 Å². The van der Waals surface area contributed by atoms with Gasteiger partial charge in [-0.15, -0.1) is 0 Å². The van der Waals surface area contributed by atoms with Crippen LogP contribution in [0.3, 0.4) is 0 Å². The van der Waals surface area contributed by atoms with Crippen molar-refractivity contribution >= 4 is 38.2 Å². The Morgan fingerprint density at radius 3 is 2.73 bits per heavy atom. The first-order chi connectivity index (χ1) is 14.1. The summed E-state index contributed by atoms with van der Waals surface area (Å²) in [4.78, 5) is 14.0. The van der Waals surface area contributed by atoms with E-state index in [2.05, 4.69) is 19.5 Å². The minimum absolute atomic E-state index is 0.150. The number of hydrogen-bond donors (Lipinski definition) is 0. The molecule has 0 saturated heterocycles. The van der Waals surface area contributed by atoms with Crippen molar-refractivity contribution in [3.63, 3.8) is 0 Å². The van der Waals surface area contributed by atoms with E-state index >= 15 is 0 Å². The third-order valence-corrected chi connectivity index (χ3v) is 4.89. The molecule has 0 atom stereocenters. The molecule has 1 aliphatic rings. The zero-order valence-corrected chi connectivity index (χ0v) is 17.7. The van der Waals surface area contributed by atoms with E-state index in [1.165, 1.54) is 12.1 Å². The molecule has 1 aromatic heterocycles. The highest BCUT2D eigenvalue weighted by molar-refractivity contribution is 7.89. The molecule has 30 heavy (non-hydrogen) atoms. The summed E-state index contributed by atoms with van der Waals surface area (Å²) < 4.78 is 55.2. The zero-order chi connectivity index (χ0) is 22.1. The molecule has 1 aromatic carbocycles. The summed E-state index contributed by atoms with van der Waals surface area (Å²) in [6, 6.07) is 4.18. The van der Waals surface area contributed by atoms with Crippen LogP contribution in [0.2, 0.25) is 0 Å². The standard InChI is InChI=1S/C19H21F2N5O3S/c1-5-29-24-11(2)13-7-8-14(25-30(4,27)28)17(22-13)19-23-15-10-12(18(20)21)6-9-16(15)26(19)3/h6-7,9-10,18H,5,8H2,1-4H3. The number of benzene rings is 1. The van der Waals surface area contributed by atoms with Gasteiger partial charge in [-0.05, 0) is 26.0 Å². The van der Waals surface area contributed by atoms with Crippen LogP contribution in [0.1, 0.15) is 38.1 Å². The maximum absolute atomic E-state index is 13.1. The summed E-state index contributed by atoms with van der Waals surface area (Å²) in [6.45, 7) is 3.90. The van der Waals surface area contributed by atoms with E-state index in [0.717, 1.165) is 6.26 Å². The van der Waals surface area contributed by atoms with Gasteiger partial charge in [0.05, 0.1) is 28.7 Å². The Morgan fingerprint density at radius 2 is 2.10 bits per heavy atom. The van der Waals surface area contributed by atoms with Crippen LogP contribution in [0.15, 0.2) is 44.5 Å². The molecular formula is C19H21F2N5O3S. The van der Waals surface area contributed by atoms with Crippen LogP contribution >= 0.6 is 0 Å². The van der Waals surface area contributed by atoms with Gasteiger partial charge in [0.15, 0.2) is 5.82 Å². The largest absolute Gasteiger partial charge is 0.396 e. The van der Waals surface area contributed by atoms with Crippen molar-refractivity contribution in [1.29, 1.82) is 0 Å². The smallest absolute Gasteiger partial charge is 0.263 e. The van der Waals surface area contributed by atoms with Crippen LogP contribution < -0.4 is 0 Å². The van der Waals surface area contributed by atoms with Gasteiger partial charge in [-0.25, -0.2) is 27.2 Å². The molecule has 160 valence electrons. The minimum atomic E-state index is -3.69. The van der Waals surface area contributed by atoms with Crippen molar-refractivity contribution in [3.8, 4) is 0 Å². The Morgan fingerprint density at radius 1 is 1.37 bits per heavy atom. The molecule has 0 aliphatic carbocycles. The number of allylic oxidation sites excluding steroid dienone is 2. The lowest BCUT2D eigenvalue weighted by atomic mass is 10.1. The Hall–Kier alpha value is -2.95. The van der Waals surface area contributed by atoms with Crippen LogP contribution in [0.25, 0.3) is 11.0 Å². The molecule has 2 aromatic rings. The van der Waals surface area contributed by atoms with Gasteiger partial charge in [0, 0.05) is 19.0 Å². The van der Waals surface area contributed by atoms with Crippen LogP contribution in [0.5, 0.6) is 0 Å². The molecule has 0 spiro atoms.